The van der Waals surface area contributed by atoms with E-state index in [1.165, 1.54) is 0 Å². The van der Waals surface area contributed by atoms with E-state index >= 15 is 0 Å². The van der Waals surface area contributed by atoms with Gasteiger partial charge < -0.3 is 14.5 Å². The monoisotopic (exact) mass is 308 g/mol. The molecule has 0 aliphatic carbocycles. The van der Waals surface area contributed by atoms with Crippen molar-refractivity contribution < 1.29 is 9.47 Å². The molecule has 4 nitrogen and oxygen atoms in total. The van der Waals surface area contributed by atoms with E-state index < -0.39 is 0 Å². The fourth-order valence-electron chi connectivity index (χ4n) is 2.37. The Labute approximate surface area is 135 Å². The number of rotatable bonds is 6. The summed E-state index contributed by atoms with van der Waals surface area (Å²) in [7, 11) is 1.66. The van der Waals surface area contributed by atoms with Crippen molar-refractivity contribution in [2.45, 2.75) is 6.92 Å². The number of fused-ring (bicyclic) bond motifs is 1. The van der Waals surface area contributed by atoms with Gasteiger partial charge in [-0.05, 0) is 24.6 Å². The number of hydrogen-bond donors (Lipinski definition) is 1. The van der Waals surface area contributed by atoms with Gasteiger partial charge in [0.1, 0.15) is 11.6 Å². The molecule has 0 aliphatic rings. The molecule has 3 rings (SSSR count). The third kappa shape index (κ3) is 3.60. The van der Waals surface area contributed by atoms with Gasteiger partial charge >= 0.3 is 0 Å². The highest BCUT2D eigenvalue weighted by molar-refractivity contribution is 5.80. The average molecular weight is 308 g/mol. The van der Waals surface area contributed by atoms with E-state index in [2.05, 4.69) is 40.3 Å². The molecular formula is C19H20N2O2. The molecule has 0 unspecified atom stereocenters. The Morgan fingerprint density at radius 1 is 1.13 bits per heavy atom. The molecule has 0 amide bonds. The molecule has 0 fully saturated rings. The molecule has 0 spiro atoms. The van der Waals surface area contributed by atoms with Crippen LogP contribution in [0.25, 0.3) is 28.5 Å². The molecule has 0 aliphatic heterocycles. The van der Waals surface area contributed by atoms with Crippen molar-refractivity contribution in [3.63, 3.8) is 0 Å². The standard InChI is InChI=1S/C19H20N2O2/c1-3-23-12-4-5-14-6-8-15(9-7-14)19-20-17-11-10-16(22-2)13-18(17)21-19/h4-11,13H,3,12H2,1-2H3,(H,20,21)/b5-4+. The minimum absolute atomic E-state index is 0.643. The van der Waals surface area contributed by atoms with Crippen molar-refractivity contribution in [1.29, 1.82) is 0 Å². The molecule has 0 bridgehead atoms. The van der Waals surface area contributed by atoms with E-state index in [0.29, 0.717) is 6.61 Å². The molecule has 0 saturated heterocycles. The molecule has 0 radical (unpaired) electrons. The van der Waals surface area contributed by atoms with Gasteiger partial charge in [0.25, 0.3) is 0 Å². The lowest BCUT2D eigenvalue weighted by Gasteiger charge is -1.98. The normalized spacial score (nSPS) is 11.4. The lowest BCUT2D eigenvalue weighted by Crippen LogP contribution is -1.87. The maximum absolute atomic E-state index is 5.29. The quantitative estimate of drug-likeness (QED) is 0.691. The van der Waals surface area contributed by atoms with Gasteiger partial charge in [-0.3, -0.25) is 0 Å². The summed E-state index contributed by atoms with van der Waals surface area (Å²) < 4.78 is 10.5. The van der Waals surface area contributed by atoms with Crippen LogP contribution in [0, 0.1) is 0 Å². The maximum Gasteiger partial charge on any atom is 0.138 e. The number of imidazole rings is 1. The molecule has 1 aromatic heterocycles. The average Bonchev–Trinajstić information content (AvgIpc) is 3.02. The predicted octanol–water partition coefficient (Wildman–Crippen LogP) is 4.29. The van der Waals surface area contributed by atoms with E-state index in [1.54, 1.807) is 7.11 Å². The van der Waals surface area contributed by atoms with Crippen molar-refractivity contribution in [2.75, 3.05) is 20.3 Å². The SMILES string of the molecule is CCOC/C=C/c1ccc(-c2nc3ccc(OC)cc3[nH]2)cc1. The summed E-state index contributed by atoms with van der Waals surface area (Å²) >= 11 is 0. The van der Waals surface area contributed by atoms with Gasteiger partial charge in [-0.2, -0.15) is 0 Å². The van der Waals surface area contributed by atoms with Crippen LogP contribution in [0.3, 0.4) is 0 Å². The van der Waals surface area contributed by atoms with Crippen LogP contribution < -0.4 is 4.74 Å². The van der Waals surface area contributed by atoms with Gasteiger partial charge in [0.05, 0.1) is 24.8 Å². The maximum atomic E-state index is 5.29. The molecule has 23 heavy (non-hydrogen) atoms. The molecule has 118 valence electrons. The highest BCUT2D eigenvalue weighted by atomic mass is 16.5. The molecule has 0 saturated carbocycles. The number of aromatic nitrogens is 2. The van der Waals surface area contributed by atoms with Gasteiger partial charge in [-0.25, -0.2) is 4.98 Å². The number of hydrogen-bond acceptors (Lipinski definition) is 3. The van der Waals surface area contributed by atoms with Gasteiger partial charge in [-0.15, -0.1) is 0 Å². The van der Waals surface area contributed by atoms with Crippen LogP contribution in [0.2, 0.25) is 0 Å². The zero-order valence-electron chi connectivity index (χ0n) is 13.4. The Hall–Kier alpha value is -2.59. The summed E-state index contributed by atoms with van der Waals surface area (Å²) in [5.41, 5.74) is 4.11. The smallest absolute Gasteiger partial charge is 0.138 e. The Bertz CT molecular complexity index is 804. The number of H-pyrrole nitrogens is 1. The van der Waals surface area contributed by atoms with Crippen LogP contribution in [0.1, 0.15) is 12.5 Å². The van der Waals surface area contributed by atoms with Crippen molar-refractivity contribution in [3.05, 3.63) is 54.1 Å². The Kier molecular flexibility index (Phi) is 4.74. The highest BCUT2D eigenvalue weighted by Gasteiger charge is 2.06. The second-order valence-corrected chi connectivity index (χ2v) is 5.15. The first kappa shape index (κ1) is 15.3. The van der Waals surface area contributed by atoms with Crippen LogP contribution in [0.15, 0.2) is 48.5 Å². The van der Waals surface area contributed by atoms with Crippen molar-refractivity contribution in [1.82, 2.24) is 9.97 Å². The third-order valence-electron chi connectivity index (χ3n) is 3.60. The van der Waals surface area contributed by atoms with E-state index in [1.807, 2.05) is 31.2 Å². The number of nitrogens with zero attached hydrogens (tertiary/aromatic N) is 1. The minimum Gasteiger partial charge on any atom is -0.497 e. The van der Waals surface area contributed by atoms with Gasteiger partial charge in [-0.1, -0.05) is 36.4 Å². The third-order valence-corrected chi connectivity index (χ3v) is 3.60. The minimum atomic E-state index is 0.643. The topological polar surface area (TPSA) is 47.1 Å². The summed E-state index contributed by atoms with van der Waals surface area (Å²) in [5, 5.41) is 0. The second kappa shape index (κ2) is 7.11. The van der Waals surface area contributed by atoms with Crippen molar-refractivity contribution >= 4 is 17.1 Å². The second-order valence-electron chi connectivity index (χ2n) is 5.15. The Morgan fingerprint density at radius 2 is 1.96 bits per heavy atom. The Balaban J connectivity index is 1.80. The van der Waals surface area contributed by atoms with Crippen molar-refractivity contribution in [2.24, 2.45) is 0 Å². The van der Waals surface area contributed by atoms with Gasteiger partial charge in [0.15, 0.2) is 0 Å². The summed E-state index contributed by atoms with van der Waals surface area (Å²) in [6.07, 6.45) is 4.08. The van der Waals surface area contributed by atoms with E-state index in [0.717, 1.165) is 40.3 Å². The van der Waals surface area contributed by atoms with Crippen molar-refractivity contribution in [3.8, 4) is 17.1 Å². The number of methoxy groups -OCH3 is 1. The molecule has 1 heterocycles. The first-order valence-corrected chi connectivity index (χ1v) is 7.68. The first-order chi connectivity index (χ1) is 11.3. The highest BCUT2D eigenvalue weighted by Crippen LogP contribution is 2.24. The fraction of sp³-hybridized carbons (Fsp3) is 0.211. The fourth-order valence-corrected chi connectivity index (χ4v) is 2.37. The Morgan fingerprint density at radius 3 is 2.70 bits per heavy atom. The molecule has 2 aromatic carbocycles. The van der Waals surface area contributed by atoms with E-state index in [-0.39, 0.29) is 0 Å². The van der Waals surface area contributed by atoms with Gasteiger partial charge in [0.2, 0.25) is 0 Å². The van der Waals surface area contributed by atoms with E-state index in [9.17, 15) is 0 Å². The first-order valence-electron chi connectivity index (χ1n) is 7.68. The number of benzene rings is 2. The summed E-state index contributed by atoms with van der Waals surface area (Å²) in [4.78, 5) is 7.96. The zero-order valence-corrected chi connectivity index (χ0v) is 13.4. The number of nitrogens with one attached hydrogen (secondary N) is 1. The van der Waals surface area contributed by atoms with E-state index in [4.69, 9.17) is 9.47 Å². The largest absolute Gasteiger partial charge is 0.497 e. The number of aromatic amines is 1. The van der Waals surface area contributed by atoms with Gasteiger partial charge in [0, 0.05) is 18.2 Å². The zero-order chi connectivity index (χ0) is 16.1. The van der Waals surface area contributed by atoms with Crippen LogP contribution >= 0.6 is 0 Å². The van der Waals surface area contributed by atoms with Crippen LogP contribution in [0.5, 0.6) is 5.75 Å². The summed E-state index contributed by atoms with van der Waals surface area (Å²) in [6.45, 7) is 3.37. The lowest BCUT2D eigenvalue weighted by atomic mass is 10.1. The molecule has 3 aromatic rings. The molecule has 4 heteroatoms. The van der Waals surface area contributed by atoms with Crippen LogP contribution in [-0.4, -0.2) is 30.3 Å². The van der Waals surface area contributed by atoms with Crippen LogP contribution in [-0.2, 0) is 4.74 Å². The molecule has 1 N–H and O–H groups in total. The molecule has 0 atom stereocenters. The summed E-state index contributed by atoms with van der Waals surface area (Å²) in [5.74, 6) is 1.68. The molecular weight excluding hydrogens is 288 g/mol. The summed E-state index contributed by atoms with van der Waals surface area (Å²) in [6, 6.07) is 14.1. The predicted molar refractivity (Wildman–Crippen MR) is 93.6 cm³/mol. The van der Waals surface area contributed by atoms with Crippen LogP contribution in [0.4, 0.5) is 0 Å². The number of ether oxygens (including phenoxy) is 2. The lowest BCUT2D eigenvalue weighted by molar-refractivity contribution is 0.178.